The van der Waals surface area contributed by atoms with Crippen LogP contribution in [-0.4, -0.2) is 23.5 Å². The lowest BCUT2D eigenvalue weighted by molar-refractivity contribution is -0.671. The van der Waals surface area contributed by atoms with Crippen LogP contribution in [0.25, 0.3) is 0 Å². The van der Waals surface area contributed by atoms with Crippen LogP contribution in [0.2, 0.25) is 5.02 Å². The van der Waals surface area contributed by atoms with Gasteiger partial charge in [-0.15, -0.1) is 0 Å². The van der Waals surface area contributed by atoms with Crippen molar-refractivity contribution in [1.82, 2.24) is 4.90 Å². The van der Waals surface area contributed by atoms with Crippen molar-refractivity contribution in [3.05, 3.63) is 94.8 Å². The van der Waals surface area contributed by atoms with Crippen LogP contribution in [0.3, 0.4) is 0 Å². The van der Waals surface area contributed by atoms with E-state index in [0.29, 0.717) is 22.9 Å². The second-order valence-electron chi connectivity index (χ2n) is 11.2. The summed E-state index contributed by atoms with van der Waals surface area (Å²) in [6.45, 7) is 2.97. The maximum atomic E-state index is 13.2. The number of unbranched alkanes of at least 4 members (excludes halogenated alkanes) is 11. The first-order valence-electron chi connectivity index (χ1n) is 15.9. The van der Waals surface area contributed by atoms with Crippen molar-refractivity contribution in [1.29, 1.82) is 0 Å². The van der Waals surface area contributed by atoms with E-state index in [4.69, 9.17) is 21.1 Å². The average Bonchev–Trinajstić information content (AvgIpc) is 3.02. The topological polar surface area (TPSA) is 59.7 Å². The van der Waals surface area contributed by atoms with E-state index in [1.807, 2.05) is 54.3 Å². The Labute approximate surface area is 286 Å². The van der Waals surface area contributed by atoms with Gasteiger partial charge in [-0.3, -0.25) is 4.79 Å². The minimum Gasteiger partial charge on any atom is -1.00 e. The summed E-state index contributed by atoms with van der Waals surface area (Å²) in [5.41, 5.74) is 1.95. The maximum Gasteiger partial charge on any atom is 0.417 e. The number of aromatic nitrogens is 1. The Morgan fingerprint density at radius 3 is 1.95 bits per heavy atom. The van der Waals surface area contributed by atoms with Gasteiger partial charge in [0, 0.05) is 17.7 Å². The third-order valence-electron chi connectivity index (χ3n) is 7.49. The zero-order chi connectivity index (χ0) is 30.7. The number of ether oxygens (including phenoxy) is 2. The smallest absolute Gasteiger partial charge is 0.417 e. The summed E-state index contributed by atoms with van der Waals surface area (Å²) < 4.78 is 13.4. The molecule has 0 saturated carbocycles. The highest BCUT2D eigenvalue weighted by Gasteiger charge is 2.25. The molecular weight excluding hydrogens is 687 g/mol. The van der Waals surface area contributed by atoms with Gasteiger partial charge >= 0.3 is 6.09 Å². The van der Waals surface area contributed by atoms with Crippen LogP contribution in [0.4, 0.5) is 4.79 Å². The van der Waals surface area contributed by atoms with Gasteiger partial charge in [0.25, 0.3) is 5.91 Å². The second-order valence-corrected chi connectivity index (χ2v) is 11.6. The van der Waals surface area contributed by atoms with Gasteiger partial charge in [0.2, 0.25) is 0 Å². The lowest BCUT2D eigenvalue weighted by Gasteiger charge is -2.20. The predicted molar refractivity (Wildman–Crippen MR) is 172 cm³/mol. The first-order chi connectivity index (χ1) is 21.0. The summed E-state index contributed by atoms with van der Waals surface area (Å²) in [5, 5.41) is 0.474. The zero-order valence-corrected chi connectivity index (χ0v) is 29.2. The number of hydrogen-bond acceptors (Lipinski definition) is 4. The van der Waals surface area contributed by atoms with Gasteiger partial charge in [0.05, 0.1) is 18.2 Å². The first kappa shape index (κ1) is 37.5. The molecule has 0 bridgehead atoms. The summed E-state index contributed by atoms with van der Waals surface area (Å²) in [6, 6.07) is 17.8. The summed E-state index contributed by atoms with van der Waals surface area (Å²) in [5.74, 6) is 0.205. The molecule has 2 aromatic carbocycles. The fraction of sp³-hybridized carbons (Fsp3) is 0.472. The van der Waals surface area contributed by atoms with Crippen LogP contribution in [0.1, 0.15) is 105 Å². The summed E-state index contributed by atoms with van der Waals surface area (Å²) >= 11 is 6.48. The molecule has 0 unspecified atom stereocenters. The molecule has 2 amide bonds. The lowest BCUT2D eigenvalue weighted by atomic mass is 10.1. The monoisotopic (exact) mass is 734 g/mol. The average molecular weight is 735 g/mol. The standard InChI is InChI=1S/C36H48ClN2O4.HI/c1-3-4-5-6-7-8-9-10-11-12-13-17-26-42-34-21-20-31(27-33(34)37)29-43-36(41)39(28-30-22-24-38(2)25-23-30)35(40)32-18-15-14-16-19-32;/h14-16,18-25,27H,3-13,17,26,28-29H2,1-2H3;1H/q+1;/p-1. The van der Waals surface area contributed by atoms with Crippen molar-refractivity contribution >= 4 is 23.6 Å². The highest BCUT2D eigenvalue weighted by Crippen LogP contribution is 2.26. The molecule has 6 nitrogen and oxygen atoms in total. The van der Waals surface area contributed by atoms with Crippen LogP contribution in [-0.2, 0) is 24.9 Å². The van der Waals surface area contributed by atoms with Gasteiger partial charge < -0.3 is 33.5 Å². The van der Waals surface area contributed by atoms with E-state index in [1.165, 1.54) is 64.2 Å². The molecule has 1 aromatic heterocycles. The lowest BCUT2D eigenvalue weighted by Crippen LogP contribution is -3.00. The molecule has 3 rings (SSSR count). The van der Waals surface area contributed by atoms with Crippen LogP contribution in [0, 0.1) is 0 Å². The third-order valence-corrected chi connectivity index (χ3v) is 7.78. The third kappa shape index (κ3) is 14.0. The molecule has 0 aliphatic carbocycles. The van der Waals surface area contributed by atoms with E-state index in [2.05, 4.69) is 6.92 Å². The zero-order valence-electron chi connectivity index (χ0n) is 26.3. The molecule has 8 heteroatoms. The number of carbonyl (C=O) groups is 2. The molecule has 0 N–H and O–H groups in total. The van der Waals surface area contributed by atoms with Gasteiger partial charge in [-0.2, -0.15) is 0 Å². The fourth-order valence-electron chi connectivity index (χ4n) is 4.88. The number of rotatable bonds is 19. The molecule has 0 radical (unpaired) electrons. The number of amides is 2. The molecule has 1 heterocycles. The van der Waals surface area contributed by atoms with Crippen molar-refractivity contribution < 1.29 is 47.6 Å². The highest BCUT2D eigenvalue weighted by atomic mass is 127. The Bertz CT molecular complexity index is 1240. The van der Waals surface area contributed by atoms with E-state index in [1.54, 1.807) is 30.3 Å². The molecular formula is C36H48ClIN2O4. The van der Waals surface area contributed by atoms with E-state index >= 15 is 0 Å². The van der Waals surface area contributed by atoms with Gasteiger partial charge in [-0.25, -0.2) is 14.3 Å². The minimum absolute atomic E-state index is 0. The largest absolute Gasteiger partial charge is 1.00 e. The molecule has 0 aliphatic rings. The summed E-state index contributed by atoms with van der Waals surface area (Å²) in [4.78, 5) is 27.5. The van der Waals surface area contributed by atoms with E-state index in [-0.39, 0.29) is 37.1 Å². The number of pyridine rings is 1. The number of aryl methyl sites for hydroxylation is 1. The Hall–Kier alpha value is -2.65. The van der Waals surface area contributed by atoms with E-state index in [0.717, 1.165) is 28.9 Å². The van der Waals surface area contributed by atoms with Crippen LogP contribution in [0.15, 0.2) is 73.1 Å². The minimum atomic E-state index is -0.717. The molecule has 0 atom stereocenters. The molecule has 240 valence electrons. The maximum absolute atomic E-state index is 13.2. The van der Waals surface area contributed by atoms with Crippen molar-refractivity contribution in [2.24, 2.45) is 7.05 Å². The summed E-state index contributed by atoms with van der Waals surface area (Å²) in [6.07, 6.45) is 18.6. The van der Waals surface area contributed by atoms with Crippen molar-refractivity contribution in [3.8, 4) is 5.75 Å². The van der Waals surface area contributed by atoms with Gasteiger partial charge in [0.15, 0.2) is 12.4 Å². The highest BCUT2D eigenvalue weighted by molar-refractivity contribution is 6.32. The number of halogens is 2. The predicted octanol–water partition coefficient (Wildman–Crippen LogP) is 6.23. The van der Waals surface area contributed by atoms with Gasteiger partial charge in [0.1, 0.15) is 19.4 Å². The summed E-state index contributed by atoms with van der Waals surface area (Å²) in [7, 11) is 1.91. The Balaban J connectivity index is 0.00000675. The molecule has 0 saturated heterocycles. The van der Waals surface area contributed by atoms with E-state index in [9.17, 15) is 9.59 Å². The van der Waals surface area contributed by atoms with Crippen molar-refractivity contribution in [3.63, 3.8) is 0 Å². The fourth-order valence-corrected chi connectivity index (χ4v) is 5.13. The molecule has 0 spiro atoms. The van der Waals surface area contributed by atoms with Crippen LogP contribution < -0.4 is 33.3 Å². The number of nitrogens with zero attached hydrogens (tertiary/aromatic N) is 2. The Kier molecular flexibility index (Phi) is 18.7. The normalized spacial score (nSPS) is 10.6. The van der Waals surface area contributed by atoms with E-state index < -0.39 is 12.0 Å². The molecule has 0 aliphatic heterocycles. The molecule has 44 heavy (non-hydrogen) atoms. The molecule has 3 aromatic rings. The number of benzene rings is 2. The first-order valence-corrected chi connectivity index (χ1v) is 16.2. The van der Waals surface area contributed by atoms with Crippen LogP contribution in [0.5, 0.6) is 5.75 Å². The second kappa shape index (κ2) is 22.0. The van der Waals surface area contributed by atoms with Crippen LogP contribution >= 0.6 is 11.6 Å². The van der Waals surface area contributed by atoms with Gasteiger partial charge in [-0.1, -0.05) is 113 Å². The Morgan fingerprint density at radius 1 is 0.773 bits per heavy atom. The van der Waals surface area contributed by atoms with Crippen molar-refractivity contribution in [2.75, 3.05) is 6.61 Å². The molecule has 0 fully saturated rings. The SMILES string of the molecule is CCCCCCCCCCCCCCOc1ccc(COC(=O)N(Cc2cc[n+](C)cc2)C(=O)c2ccccc2)cc1Cl.[I-]. The number of carbonyl (C=O) groups excluding carboxylic acids is 2. The number of hydrogen-bond donors (Lipinski definition) is 0. The van der Waals surface area contributed by atoms with Crippen molar-refractivity contribution in [2.45, 2.75) is 97.1 Å². The quantitative estimate of drug-likeness (QED) is 0.0834. The Morgan fingerprint density at radius 2 is 1.36 bits per heavy atom. The van der Waals surface area contributed by atoms with Gasteiger partial charge in [-0.05, 0) is 41.8 Å². The number of imide groups is 1.